The summed E-state index contributed by atoms with van der Waals surface area (Å²) < 4.78 is 12.0. The van der Waals surface area contributed by atoms with Crippen LogP contribution >= 0.6 is 0 Å². The van der Waals surface area contributed by atoms with Crippen molar-refractivity contribution in [3.8, 4) is 0 Å². The summed E-state index contributed by atoms with van der Waals surface area (Å²) in [5.41, 5.74) is -0.118. The van der Waals surface area contributed by atoms with Crippen LogP contribution < -0.4 is 5.32 Å². The minimum absolute atomic E-state index is 0.118. The molecule has 2 N–H and O–H groups in total. The third-order valence-corrected chi connectivity index (χ3v) is 3.20. The second-order valence-corrected chi connectivity index (χ2v) is 4.61. The van der Waals surface area contributed by atoms with Crippen molar-refractivity contribution >= 4 is 0 Å². The molecule has 2 unspecified atom stereocenters. The number of nitrogens with one attached hydrogen (secondary N) is 1. The highest BCUT2D eigenvalue weighted by molar-refractivity contribution is 4.92. The predicted octanol–water partition coefficient (Wildman–Crippen LogP) is 1.88. The van der Waals surface area contributed by atoms with Crippen molar-refractivity contribution in [2.45, 2.75) is 44.6 Å². The minimum Gasteiger partial charge on any atom is -0.394 e. The maximum atomic E-state index is 12.0. The van der Waals surface area contributed by atoms with Crippen LogP contribution in [0.1, 0.15) is 39.0 Å². The lowest BCUT2D eigenvalue weighted by atomic mass is 9.77. The van der Waals surface area contributed by atoms with Crippen LogP contribution in [0.25, 0.3) is 0 Å². The molecule has 0 spiro atoms. The molecule has 0 radical (unpaired) electrons. The van der Waals surface area contributed by atoms with Gasteiger partial charge < -0.3 is 10.4 Å². The summed E-state index contributed by atoms with van der Waals surface area (Å²) in [7, 11) is 0. The van der Waals surface area contributed by atoms with Gasteiger partial charge in [-0.15, -0.1) is 0 Å². The van der Waals surface area contributed by atoms with Crippen molar-refractivity contribution < 1.29 is 9.50 Å². The summed E-state index contributed by atoms with van der Waals surface area (Å²) in [6.45, 7) is 2.82. The average Bonchev–Trinajstić information content (AvgIpc) is 2.18. The van der Waals surface area contributed by atoms with Gasteiger partial charge in [-0.1, -0.05) is 19.8 Å². The van der Waals surface area contributed by atoms with E-state index < -0.39 is 0 Å². The molecule has 1 fully saturated rings. The number of halogens is 1. The van der Waals surface area contributed by atoms with Gasteiger partial charge >= 0.3 is 0 Å². The van der Waals surface area contributed by atoms with Crippen molar-refractivity contribution in [2.24, 2.45) is 5.92 Å². The third kappa shape index (κ3) is 3.21. The van der Waals surface area contributed by atoms with Gasteiger partial charge in [0.25, 0.3) is 0 Å². The molecule has 1 rings (SSSR count). The van der Waals surface area contributed by atoms with Crippen LogP contribution in [0.15, 0.2) is 0 Å². The Morgan fingerprint density at radius 3 is 2.93 bits per heavy atom. The summed E-state index contributed by atoms with van der Waals surface area (Å²) >= 11 is 0. The van der Waals surface area contributed by atoms with Gasteiger partial charge in [0.05, 0.1) is 13.3 Å². The molecule has 0 aromatic carbocycles. The van der Waals surface area contributed by atoms with E-state index in [1.807, 2.05) is 0 Å². The fraction of sp³-hybridized carbons (Fsp3) is 1.00. The summed E-state index contributed by atoms with van der Waals surface area (Å²) in [6, 6.07) is 0. The number of aliphatic hydroxyl groups is 1. The summed E-state index contributed by atoms with van der Waals surface area (Å²) in [5, 5.41) is 12.7. The van der Waals surface area contributed by atoms with Gasteiger partial charge in [-0.25, -0.2) is 0 Å². The van der Waals surface area contributed by atoms with E-state index in [0.717, 1.165) is 12.8 Å². The molecule has 0 aliphatic heterocycles. The molecular formula is C11H22FNO. The van der Waals surface area contributed by atoms with E-state index in [9.17, 15) is 9.50 Å². The van der Waals surface area contributed by atoms with Crippen molar-refractivity contribution in [3.63, 3.8) is 0 Å². The lowest BCUT2D eigenvalue weighted by Gasteiger charge is -2.39. The van der Waals surface area contributed by atoms with Crippen LogP contribution in [0.2, 0.25) is 0 Å². The third-order valence-electron chi connectivity index (χ3n) is 3.20. The Morgan fingerprint density at radius 2 is 2.36 bits per heavy atom. The Morgan fingerprint density at radius 1 is 1.57 bits per heavy atom. The molecule has 0 amide bonds. The van der Waals surface area contributed by atoms with Crippen LogP contribution in [0.4, 0.5) is 4.39 Å². The Kier molecular flexibility index (Phi) is 4.82. The quantitative estimate of drug-likeness (QED) is 0.669. The van der Waals surface area contributed by atoms with Gasteiger partial charge in [0.2, 0.25) is 0 Å². The average molecular weight is 203 g/mol. The van der Waals surface area contributed by atoms with Crippen LogP contribution in [-0.4, -0.2) is 30.5 Å². The molecule has 0 bridgehead atoms. The molecule has 2 nitrogen and oxygen atoms in total. The van der Waals surface area contributed by atoms with Gasteiger partial charge in [-0.2, -0.15) is 0 Å². The zero-order valence-corrected chi connectivity index (χ0v) is 9.06. The first kappa shape index (κ1) is 11.9. The predicted molar refractivity (Wildman–Crippen MR) is 56.0 cm³/mol. The van der Waals surface area contributed by atoms with Crippen LogP contribution in [0.5, 0.6) is 0 Å². The van der Waals surface area contributed by atoms with Gasteiger partial charge in [0.1, 0.15) is 0 Å². The van der Waals surface area contributed by atoms with Crippen molar-refractivity contribution in [1.29, 1.82) is 0 Å². The fourth-order valence-electron chi connectivity index (χ4n) is 2.44. The number of aliphatic hydroxyl groups excluding tert-OH is 1. The molecule has 1 saturated carbocycles. The number of rotatable bonds is 5. The Hall–Kier alpha value is -0.150. The first-order valence-corrected chi connectivity index (χ1v) is 5.64. The van der Waals surface area contributed by atoms with Crippen LogP contribution in [-0.2, 0) is 0 Å². The van der Waals surface area contributed by atoms with Crippen LogP contribution in [0.3, 0.4) is 0 Å². The normalized spacial score (nSPS) is 33.2. The van der Waals surface area contributed by atoms with Crippen molar-refractivity contribution in [2.75, 3.05) is 19.8 Å². The molecule has 0 aromatic rings. The van der Waals surface area contributed by atoms with Gasteiger partial charge in [-0.05, 0) is 31.7 Å². The van der Waals surface area contributed by atoms with Gasteiger partial charge in [0, 0.05) is 5.54 Å². The Balaban J connectivity index is 2.39. The minimum atomic E-state index is -0.274. The lowest BCUT2D eigenvalue weighted by molar-refractivity contribution is 0.0992. The molecule has 3 heteroatoms. The molecule has 0 saturated heterocycles. The summed E-state index contributed by atoms with van der Waals surface area (Å²) in [4.78, 5) is 0. The van der Waals surface area contributed by atoms with Gasteiger partial charge in [0.15, 0.2) is 0 Å². The standard InChI is InChI=1S/C11H22FNO/c1-10-4-2-5-11(8-10,9-14)13-7-3-6-12/h10,13-14H,2-9H2,1H3. The smallest absolute Gasteiger partial charge is 0.0906 e. The zero-order valence-electron chi connectivity index (χ0n) is 9.06. The van der Waals surface area contributed by atoms with Gasteiger partial charge in [-0.3, -0.25) is 4.39 Å². The number of hydrogen-bond acceptors (Lipinski definition) is 2. The van der Waals surface area contributed by atoms with Crippen molar-refractivity contribution in [1.82, 2.24) is 5.32 Å². The van der Waals surface area contributed by atoms with E-state index in [1.165, 1.54) is 12.8 Å². The lowest BCUT2D eigenvalue weighted by Crippen LogP contribution is -2.51. The first-order valence-electron chi connectivity index (χ1n) is 5.64. The van der Waals surface area contributed by atoms with E-state index in [2.05, 4.69) is 12.2 Å². The highest BCUT2D eigenvalue weighted by Gasteiger charge is 2.33. The van der Waals surface area contributed by atoms with Crippen molar-refractivity contribution in [3.05, 3.63) is 0 Å². The van der Waals surface area contributed by atoms with E-state index >= 15 is 0 Å². The monoisotopic (exact) mass is 203 g/mol. The zero-order chi connectivity index (χ0) is 10.4. The molecule has 0 aromatic heterocycles. The second-order valence-electron chi connectivity index (χ2n) is 4.61. The highest BCUT2D eigenvalue weighted by atomic mass is 19.1. The van der Waals surface area contributed by atoms with Crippen LogP contribution in [0, 0.1) is 5.92 Å². The summed E-state index contributed by atoms with van der Waals surface area (Å²) in [6.07, 6.45) is 5.03. The van der Waals surface area contributed by atoms with E-state index in [1.54, 1.807) is 0 Å². The fourth-order valence-corrected chi connectivity index (χ4v) is 2.44. The maximum Gasteiger partial charge on any atom is 0.0906 e. The first-order chi connectivity index (χ1) is 6.72. The molecule has 14 heavy (non-hydrogen) atoms. The topological polar surface area (TPSA) is 32.3 Å². The Bertz CT molecular complexity index is 165. The number of hydrogen-bond donors (Lipinski definition) is 2. The van der Waals surface area contributed by atoms with E-state index in [0.29, 0.717) is 18.9 Å². The molecular weight excluding hydrogens is 181 g/mol. The van der Waals surface area contributed by atoms with E-state index in [-0.39, 0.29) is 18.8 Å². The molecule has 84 valence electrons. The highest BCUT2D eigenvalue weighted by Crippen LogP contribution is 2.31. The molecule has 0 heterocycles. The SMILES string of the molecule is CC1CCCC(CO)(NCCCF)C1. The number of alkyl halides is 1. The largest absolute Gasteiger partial charge is 0.394 e. The second kappa shape index (κ2) is 5.66. The van der Waals surface area contributed by atoms with E-state index in [4.69, 9.17) is 0 Å². The summed E-state index contributed by atoms with van der Waals surface area (Å²) in [5.74, 6) is 0.675. The molecule has 2 atom stereocenters. The Labute approximate surface area is 85.9 Å². The molecule has 1 aliphatic rings. The maximum absolute atomic E-state index is 12.0. The molecule has 1 aliphatic carbocycles.